The maximum absolute atomic E-state index is 10.1. The summed E-state index contributed by atoms with van der Waals surface area (Å²) in [6.45, 7) is 3.82. The topological polar surface area (TPSA) is 66.8 Å². The largest absolute Gasteiger partial charge is 0.469 e. The highest BCUT2D eigenvalue weighted by Gasteiger charge is 2.11. The van der Waals surface area contributed by atoms with Crippen molar-refractivity contribution in [3.05, 3.63) is 11.6 Å². The van der Waals surface area contributed by atoms with Crippen LogP contribution in [0.15, 0.2) is 11.6 Å². The molecular formula is C6H13O4P. The second-order valence-electron chi connectivity index (χ2n) is 2.19. The Morgan fingerprint density at radius 3 is 2.55 bits per heavy atom. The van der Waals surface area contributed by atoms with Gasteiger partial charge in [-0.1, -0.05) is 18.6 Å². The van der Waals surface area contributed by atoms with E-state index in [-0.39, 0.29) is 6.61 Å². The zero-order valence-electron chi connectivity index (χ0n) is 6.65. The lowest BCUT2D eigenvalue weighted by atomic mass is 10.2. The van der Waals surface area contributed by atoms with E-state index in [9.17, 15) is 4.57 Å². The Balaban J connectivity index is 3.66. The number of phosphoric acid groups is 1. The molecule has 0 saturated carbocycles. The molecular weight excluding hydrogens is 167 g/mol. The standard InChI is InChI=1S/C6H13O4P/c1-3-6(2)4-5-10-11(7,8)9/h4H,3,5H2,1-2H3,(H2,7,8,9)/b6-4+. The third-order valence-electron chi connectivity index (χ3n) is 1.23. The van der Waals surface area contributed by atoms with Gasteiger partial charge < -0.3 is 9.79 Å². The normalized spacial score (nSPS) is 13.6. The van der Waals surface area contributed by atoms with Crippen LogP contribution in [0.1, 0.15) is 20.3 Å². The summed E-state index contributed by atoms with van der Waals surface area (Å²) < 4.78 is 14.3. The van der Waals surface area contributed by atoms with Crippen molar-refractivity contribution in [3.63, 3.8) is 0 Å². The van der Waals surface area contributed by atoms with Crippen LogP contribution in [0, 0.1) is 0 Å². The van der Waals surface area contributed by atoms with Gasteiger partial charge in [0.05, 0.1) is 6.61 Å². The molecule has 0 rings (SSSR count). The summed E-state index contributed by atoms with van der Waals surface area (Å²) in [4.78, 5) is 16.5. The van der Waals surface area contributed by atoms with Gasteiger partial charge in [0.15, 0.2) is 0 Å². The van der Waals surface area contributed by atoms with E-state index in [0.717, 1.165) is 12.0 Å². The molecule has 0 aliphatic heterocycles. The van der Waals surface area contributed by atoms with E-state index < -0.39 is 7.82 Å². The van der Waals surface area contributed by atoms with E-state index in [1.165, 1.54) is 0 Å². The fourth-order valence-corrected chi connectivity index (χ4v) is 0.690. The highest BCUT2D eigenvalue weighted by atomic mass is 31.2. The van der Waals surface area contributed by atoms with Crippen LogP contribution >= 0.6 is 7.82 Å². The van der Waals surface area contributed by atoms with Crippen molar-refractivity contribution >= 4 is 7.82 Å². The number of hydrogen-bond donors (Lipinski definition) is 2. The quantitative estimate of drug-likeness (QED) is 0.507. The molecule has 2 N–H and O–H groups in total. The Morgan fingerprint density at radius 1 is 1.64 bits per heavy atom. The van der Waals surface area contributed by atoms with E-state index in [0.29, 0.717) is 0 Å². The highest BCUT2D eigenvalue weighted by molar-refractivity contribution is 7.46. The second-order valence-corrected chi connectivity index (χ2v) is 3.43. The molecule has 0 radical (unpaired) electrons. The van der Waals surface area contributed by atoms with Crippen molar-refractivity contribution in [2.45, 2.75) is 20.3 Å². The van der Waals surface area contributed by atoms with E-state index in [1.54, 1.807) is 6.08 Å². The summed E-state index contributed by atoms with van der Waals surface area (Å²) in [5.74, 6) is 0. The zero-order valence-corrected chi connectivity index (χ0v) is 7.54. The SMILES string of the molecule is CC/C(C)=C/COP(=O)(O)O. The number of hydrogen-bond acceptors (Lipinski definition) is 2. The lowest BCUT2D eigenvalue weighted by Gasteiger charge is -2.01. The summed E-state index contributed by atoms with van der Waals surface area (Å²) in [5.41, 5.74) is 1.05. The molecule has 0 atom stereocenters. The molecule has 66 valence electrons. The smallest absolute Gasteiger partial charge is 0.303 e. The molecule has 4 nitrogen and oxygen atoms in total. The molecule has 0 aliphatic carbocycles. The summed E-state index contributed by atoms with van der Waals surface area (Å²) in [5, 5.41) is 0. The van der Waals surface area contributed by atoms with Crippen LogP contribution in [0.3, 0.4) is 0 Å². The van der Waals surface area contributed by atoms with Gasteiger partial charge in [-0.3, -0.25) is 4.52 Å². The Hall–Kier alpha value is -0.150. The van der Waals surface area contributed by atoms with Crippen LogP contribution < -0.4 is 0 Å². The van der Waals surface area contributed by atoms with Crippen molar-refractivity contribution in [2.75, 3.05) is 6.61 Å². The molecule has 0 amide bonds. The average Bonchev–Trinajstić information content (AvgIpc) is 1.85. The van der Waals surface area contributed by atoms with Crippen molar-refractivity contribution < 1.29 is 18.9 Å². The minimum absolute atomic E-state index is 0.0239. The van der Waals surface area contributed by atoms with Gasteiger partial charge in [0.25, 0.3) is 0 Å². The molecule has 0 saturated heterocycles. The van der Waals surface area contributed by atoms with Crippen molar-refractivity contribution in [1.82, 2.24) is 0 Å². The molecule has 0 heterocycles. The van der Waals surface area contributed by atoms with E-state index in [2.05, 4.69) is 4.52 Å². The lowest BCUT2D eigenvalue weighted by molar-refractivity contribution is 0.215. The molecule has 0 bridgehead atoms. The monoisotopic (exact) mass is 180 g/mol. The Morgan fingerprint density at radius 2 is 2.18 bits per heavy atom. The van der Waals surface area contributed by atoms with Gasteiger partial charge in [-0.05, 0) is 13.3 Å². The predicted molar refractivity (Wildman–Crippen MR) is 42.0 cm³/mol. The van der Waals surface area contributed by atoms with Crippen molar-refractivity contribution in [3.8, 4) is 0 Å². The second kappa shape index (κ2) is 4.67. The Bertz CT molecular complexity index is 181. The first kappa shape index (κ1) is 10.8. The third-order valence-corrected chi connectivity index (χ3v) is 1.72. The summed E-state index contributed by atoms with van der Waals surface area (Å²) in [6.07, 6.45) is 2.52. The molecule has 0 aromatic rings. The van der Waals surface area contributed by atoms with Crippen molar-refractivity contribution in [1.29, 1.82) is 0 Å². The summed E-state index contributed by atoms with van der Waals surface area (Å²) >= 11 is 0. The van der Waals surface area contributed by atoms with Gasteiger partial charge in [-0.15, -0.1) is 0 Å². The van der Waals surface area contributed by atoms with Gasteiger partial charge in [-0.2, -0.15) is 0 Å². The maximum Gasteiger partial charge on any atom is 0.469 e. The third kappa shape index (κ3) is 7.75. The minimum Gasteiger partial charge on any atom is -0.303 e. The average molecular weight is 180 g/mol. The summed E-state index contributed by atoms with van der Waals surface area (Å²) in [6, 6.07) is 0. The van der Waals surface area contributed by atoms with Crippen LogP contribution in [0.2, 0.25) is 0 Å². The van der Waals surface area contributed by atoms with Gasteiger partial charge in [-0.25, -0.2) is 4.57 Å². The molecule has 0 unspecified atom stereocenters. The van der Waals surface area contributed by atoms with Crippen LogP contribution in [0.25, 0.3) is 0 Å². The minimum atomic E-state index is -4.28. The van der Waals surface area contributed by atoms with Crippen LogP contribution in [-0.2, 0) is 9.09 Å². The van der Waals surface area contributed by atoms with Gasteiger partial charge >= 0.3 is 7.82 Å². The highest BCUT2D eigenvalue weighted by Crippen LogP contribution is 2.35. The number of phosphoric ester groups is 1. The first-order valence-corrected chi connectivity index (χ1v) is 4.84. The van der Waals surface area contributed by atoms with E-state index >= 15 is 0 Å². The Kier molecular flexibility index (Phi) is 4.61. The molecule has 0 aromatic carbocycles. The fraction of sp³-hybridized carbons (Fsp3) is 0.667. The molecule has 11 heavy (non-hydrogen) atoms. The maximum atomic E-state index is 10.1. The first-order valence-electron chi connectivity index (χ1n) is 3.31. The molecule has 0 aliphatic rings. The predicted octanol–water partition coefficient (Wildman–Crippen LogP) is 1.45. The molecule has 0 fully saturated rings. The van der Waals surface area contributed by atoms with E-state index in [4.69, 9.17) is 9.79 Å². The first-order chi connectivity index (χ1) is 4.95. The summed E-state index contributed by atoms with van der Waals surface area (Å²) in [7, 11) is -4.28. The van der Waals surface area contributed by atoms with Gasteiger partial charge in [0, 0.05) is 0 Å². The fourth-order valence-electron chi connectivity index (χ4n) is 0.421. The van der Waals surface area contributed by atoms with Crippen LogP contribution in [-0.4, -0.2) is 16.4 Å². The van der Waals surface area contributed by atoms with Crippen LogP contribution in [0.4, 0.5) is 0 Å². The molecule has 0 aromatic heterocycles. The Labute approximate surface area is 66.1 Å². The van der Waals surface area contributed by atoms with Gasteiger partial charge in [0.2, 0.25) is 0 Å². The number of rotatable bonds is 4. The molecule has 0 spiro atoms. The lowest BCUT2D eigenvalue weighted by Crippen LogP contribution is -1.88. The van der Waals surface area contributed by atoms with Crippen molar-refractivity contribution in [2.24, 2.45) is 0 Å². The van der Waals surface area contributed by atoms with Gasteiger partial charge in [0.1, 0.15) is 0 Å². The number of allylic oxidation sites excluding steroid dienone is 1. The van der Waals surface area contributed by atoms with E-state index in [1.807, 2.05) is 13.8 Å². The zero-order chi connectivity index (χ0) is 8.91. The molecule has 5 heteroatoms. The van der Waals surface area contributed by atoms with Crippen LogP contribution in [0.5, 0.6) is 0 Å².